The van der Waals surface area contributed by atoms with Gasteiger partial charge in [-0.1, -0.05) is 20.8 Å². The van der Waals surface area contributed by atoms with Gasteiger partial charge in [0, 0.05) is 6.42 Å². The summed E-state index contributed by atoms with van der Waals surface area (Å²) in [7, 11) is -1.02. The molecule has 0 aromatic carbocycles. The molecule has 0 saturated carbocycles. The highest BCUT2D eigenvalue weighted by Crippen LogP contribution is 2.39. The van der Waals surface area contributed by atoms with Gasteiger partial charge in [0.1, 0.15) is 17.7 Å². The van der Waals surface area contributed by atoms with Crippen LogP contribution in [0.4, 0.5) is 4.79 Å². The van der Waals surface area contributed by atoms with Gasteiger partial charge in [0.2, 0.25) is 0 Å². The zero-order chi connectivity index (χ0) is 19.8. The molecular weight excluding hydrogens is 342 g/mol. The van der Waals surface area contributed by atoms with Crippen LogP contribution in [-0.4, -0.2) is 56.0 Å². The fraction of sp³-hybridized carbons (Fsp3) is 0.824. The van der Waals surface area contributed by atoms with E-state index in [2.05, 4.69) is 20.8 Å². The van der Waals surface area contributed by atoms with Crippen LogP contribution in [0.15, 0.2) is 0 Å². The first-order valence-corrected chi connectivity index (χ1v) is 11.3. The molecule has 0 aromatic heterocycles. The number of carbonyl (C=O) groups excluding carboxylic acids is 3. The molecule has 1 heterocycles. The summed E-state index contributed by atoms with van der Waals surface area (Å²) < 4.78 is 16.2. The van der Waals surface area contributed by atoms with Crippen LogP contribution >= 0.6 is 0 Å². The van der Waals surface area contributed by atoms with E-state index in [1.807, 2.05) is 13.1 Å². The van der Waals surface area contributed by atoms with Crippen LogP contribution < -0.4 is 0 Å². The number of methoxy groups -OCH3 is 1. The van der Waals surface area contributed by atoms with E-state index in [4.69, 9.17) is 13.9 Å². The van der Waals surface area contributed by atoms with Crippen LogP contribution in [-0.2, 0) is 23.5 Å². The minimum atomic E-state index is -2.25. The Morgan fingerprint density at radius 1 is 1.12 bits per heavy atom. The lowest BCUT2D eigenvalue weighted by molar-refractivity contribution is -0.149. The van der Waals surface area contributed by atoms with Gasteiger partial charge in [-0.25, -0.2) is 14.5 Å². The summed E-state index contributed by atoms with van der Waals surface area (Å²) in [6.45, 7) is 15.3. The standard InChI is InChI=1S/C17H31NO6Si/c1-16(2,3)23-15(21)18-11(14(20)22-7)10-12(13(18)19)24-25(8,9)17(4,5)6/h11-12H,10H2,1-9H3/t11-,12-/m0/s1. The predicted octanol–water partition coefficient (Wildman–Crippen LogP) is 3.09. The smallest absolute Gasteiger partial charge is 0.417 e. The number of likely N-dealkylation sites (tertiary alicyclic amines) is 1. The van der Waals surface area contributed by atoms with Gasteiger partial charge in [-0.15, -0.1) is 0 Å². The molecule has 2 amide bonds. The Kier molecular flexibility index (Phi) is 6.12. The molecule has 1 saturated heterocycles. The third-order valence-electron chi connectivity index (χ3n) is 4.57. The van der Waals surface area contributed by atoms with Crippen molar-refractivity contribution >= 4 is 26.3 Å². The number of hydrogen-bond donors (Lipinski definition) is 0. The van der Waals surface area contributed by atoms with Crippen molar-refractivity contribution in [1.82, 2.24) is 4.90 Å². The van der Waals surface area contributed by atoms with Gasteiger partial charge >= 0.3 is 12.1 Å². The number of rotatable bonds is 3. The fourth-order valence-corrected chi connectivity index (χ4v) is 3.48. The third-order valence-corrected chi connectivity index (χ3v) is 9.05. The molecule has 0 aromatic rings. The van der Waals surface area contributed by atoms with Crippen molar-refractivity contribution in [3.63, 3.8) is 0 Å². The Bertz CT molecular complexity index is 546. The van der Waals surface area contributed by atoms with E-state index < -0.39 is 44.0 Å². The lowest BCUT2D eigenvalue weighted by atomic mass is 10.2. The first kappa shape index (κ1) is 21.6. The van der Waals surface area contributed by atoms with Crippen LogP contribution in [0.2, 0.25) is 18.1 Å². The monoisotopic (exact) mass is 373 g/mol. The molecule has 1 aliphatic rings. The summed E-state index contributed by atoms with van der Waals surface area (Å²) in [5, 5.41) is -0.104. The SMILES string of the molecule is COC(=O)[C@@H]1C[C@H](O[Si](C)(C)C(C)(C)C)C(=O)N1C(=O)OC(C)(C)C. The van der Waals surface area contributed by atoms with E-state index in [9.17, 15) is 14.4 Å². The Balaban J connectivity index is 3.09. The Morgan fingerprint density at radius 2 is 1.64 bits per heavy atom. The zero-order valence-electron chi connectivity index (χ0n) is 16.8. The van der Waals surface area contributed by atoms with Crippen molar-refractivity contribution in [1.29, 1.82) is 0 Å². The highest BCUT2D eigenvalue weighted by atomic mass is 28.4. The Morgan fingerprint density at radius 3 is 2.04 bits per heavy atom. The highest BCUT2D eigenvalue weighted by molar-refractivity contribution is 6.74. The van der Waals surface area contributed by atoms with Crippen LogP contribution in [0.1, 0.15) is 48.0 Å². The number of nitrogens with zero attached hydrogens (tertiary/aromatic N) is 1. The number of hydrogen-bond acceptors (Lipinski definition) is 6. The van der Waals surface area contributed by atoms with Gasteiger partial charge in [-0.3, -0.25) is 4.79 Å². The van der Waals surface area contributed by atoms with E-state index in [1.54, 1.807) is 20.8 Å². The molecule has 0 N–H and O–H groups in total. The molecule has 1 rings (SSSR count). The second-order valence-corrected chi connectivity index (χ2v) is 13.6. The Hall–Kier alpha value is -1.41. The molecule has 7 nitrogen and oxygen atoms in total. The zero-order valence-corrected chi connectivity index (χ0v) is 17.8. The molecule has 1 aliphatic heterocycles. The quantitative estimate of drug-likeness (QED) is 0.558. The number of imide groups is 1. The molecule has 8 heteroatoms. The van der Waals surface area contributed by atoms with Crippen molar-refractivity contribution < 1.29 is 28.3 Å². The lowest BCUT2D eigenvalue weighted by Crippen LogP contribution is -2.48. The summed E-state index contributed by atoms with van der Waals surface area (Å²) in [4.78, 5) is 38.1. The molecule has 0 unspecified atom stereocenters. The molecule has 0 bridgehead atoms. The van der Waals surface area contributed by atoms with E-state index in [-0.39, 0.29) is 11.5 Å². The van der Waals surface area contributed by atoms with Gasteiger partial charge in [0.25, 0.3) is 5.91 Å². The normalized spacial score (nSPS) is 22.1. The molecule has 25 heavy (non-hydrogen) atoms. The van der Waals surface area contributed by atoms with Gasteiger partial charge in [0.15, 0.2) is 8.32 Å². The van der Waals surface area contributed by atoms with Gasteiger partial charge in [0.05, 0.1) is 7.11 Å². The lowest BCUT2D eigenvalue weighted by Gasteiger charge is -2.37. The first-order valence-electron chi connectivity index (χ1n) is 8.42. The van der Waals surface area contributed by atoms with E-state index in [0.29, 0.717) is 0 Å². The largest absolute Gasteiger partial charge is 0.467 e. The van der Waals surface area contributed by atoms with Crippen molar-refractivity contribution in [3.05, 3.63) is 0 Å². The molecule has 2 atom stereocenters. The summed E-state index contributed by atoms with van der Waals surface area (Å²) in [6, 6.07) is -1.03. The first-order chi connectivity index (χ1) is 11.1. The topological polar surface area (TPSA) is 82.1 Å². The second-order valence-electron chi connectivity index (χ2n) is 8.83. The van der Waals surface area contributed by atoms with Gasteiger partial charge in [-0.05, 0) is 38.9 Å². The van der Waals surface area contributed by atoms with Gasteiger partial charge < -0.3 is 13.9 Å². The fourth-order valence-electron chi connectivity index (χ4n) is 2.21. The van der Waals surface area contributed by atoms with E-state index in [1.165, 1.54) is 7.11 Å². The molecule has 0 aliphatic carbocycles. The molecule has 1 fully saturated rings. The maximum absolute atomic E-state index is 12.8. The average molecular weight is 374 g/mol. The Labute approximate surface area is 151 Å². The predicted molar refractivity (Wildman–Crippen MR) is 95.6 cm³/mol. The number of esters is 1. The van der Waals surface area contributed by atoms with E-state index in [0.717, 1.165) is 4.90 Å². The van der Waals surface area contributed by atoms with Crippen LogP contribution in [0.3, 0.4) is 0 Å². The molecule has 0 radical (unpaired) electrons. The van der Waals surface area contributed by atoms with Crippen molar-refractivity contribution in [2.75, 3.05) is 7.11 Å². The van der Waals surface area contributed by atoms with Gasteiger partial charge in [-0.2, -0.15) is 0 Å². The minimum Gasteiger partial charge on any atom is -0.467 e. The third kappa shape index (κ3) is 5.04. The summed E-state index contributed by atoms with van der Waals surface area (Å²) >= 11 is 0. The van der Waals surface area contributed by atoms with Crippen molar-refractivity contribution in [3.8, 4) is 0 Å². The average Bonchev–Trinajstić information content (AvgIpc) is 2.71. The number of carbonyl (C=O) groups is 3. The summed E-state index contributed by atoms with van der Waals surface area (Å²) in [6.07, 6.45) is -1.62. The van der Waals surface area contributed by atoms with Crippen molar-refractivity contribution in [2.24, 2.45) is 0 Å². The maximum atomic E-state index is 12.8. The summed E-state index contributed by atoms with van der Waals surface area (Å²) in [5.41, 5.74) is -0.781. The molecular formula is C17H31NO6Si. The highest BCUT2D eigenvalue weighted by Gasteiger charge is 2.52. The molecule has 144 valence electrons. The summed E-state index contributed by atoms with van der Waals surface area (Å²) in [5.74, 6) is -1.20. The number of amides is 2. The van der Waals surface area contributed by atoms with Crippen LogP contribution in [0, 0.1) is 0 Å². The van der Waals surface area contributed by atoms with E-state index >= 15 is 0 Å². The maximum Gasteiger partial charge on any atom is 0.417 e. The van der Waals surface area contributed by atoms with Crippen molar-refractivity contribution in [2.45, 2.75) is 83.8 Å². The second kappa shape index (κ2) is 7.07. The molecule has 0 spiro atoms. The van der Waals surface area contributed by atoms with Crippen LogP contribution in [0.25, 0.3) is 0 Å². The van der Waals surface area contributed by atoms with Crippen LogP contribution in [0.5, 0.6) is 0 Å². The number of ether oxygens (including phenoxy) is 2. The minimum absolute atomic E-state index is 0.0806.